The molecule has 0 radical (unpaired) electrons. The number of alkyl halides is 3. The number of aryl methyl sites for hydroxylation is 1. The second-order valence-corrected chi connectivity index (χ2v) is 6.91. The van der Waals surface area contributed by atoms with Crippen LogP contribution < -0.4 is 15.5 Å². The van der Waals surface area contributed by atoms with Gasteiger partial charge in [-0.15, -0.1) is 0 Å². The maximum atomic E-state index is 12.6. The molecule has 1 aromatic carbocycles. The number of ether oxygens (including phenoxy) is 1. The Bertz CT molecular complexity index is 853. The molecule has 2 heterocycles. The lowest BCUT2D eigenvalue weighted by Crippen LogP contribution is -2.37. The van der Waals surface area contributed by atoms with Crippen LogP contribution in [0.3, 0.4) is 0 Å². The average molecular weight is 423 g/mol. The first-order chi connectivity index (χ1) is 14.3. The quantitative estimate of drug-likeness (QED) is 0.666. The maximum Gasteiger partial charge on any atom is 0.416 e. The number of morpholine rings is 1. The molecule has 0 unspecified atom stereocenters. The van der Waals surface area contributed by atoms with Crippen LogP contribution in [0.2, 0.25) is 0 Å². The Hall–Kier alpha value is -2.88. The molecule has 3 rings (SSSR count). The Morgan fingerprint density at radius 2 is 1.83 bits per heavy atom. The minimum absolute atomic E-state index is 0.0198. The van der Waals surface area contributed by atoms with E-state index in [0.29, 0.717) is 43.5 Å². The van der Waals surface area contributed by atoms with Crippen LogP contribution in [0.1, 0.15) is 17.0 Å². The molecule has 162 valence electrons. The van der Waals surface area contributed by atoms with Crippen LogP contribution in [0.15, 0.2) is 30.3 Å². The zero-order valence-electron chi connectivity index (χ0n) is 16.6. The van der Waals surface area contributed by atoms with E-state index in [1.807, 2.05) is 13.0 Å². The van der Waals surface area contributed by atoms with Crippen molar-refractivity contribution in [3.63, 3.8) is 0 Å². The number of anilines is 2. The highest BCUT2D eigenvalue weighted by molar-refractivity contribution is 5.78. The summed E-state index contributed by atoms with van der Waals surface area (Å²) in [7, 11) is 0. The van der Waals surface area contributed by atoms with Crippen LogP contribution in [0.25, 0.3) is 0 Å². The van der Waals surface area contributed by atoms with Crippen molar-refractivity contribution in [2.75, 3.05) is 49.6 Å². The number of rotatable bonds is 7. The summed E-state index contributed by atoms with van der Waals surface area (Å²) in [6, 6.07) is 6.46. The molecular formula is C20H24F3N5O2. The molecule has 0 bridgehead atoms. The van der Waals surface area contributed by atoms with Crippen molar-refractivity contribution in [1.29, 1.82) is 0 Å². The Labute approximate surface area is 172 Å². The van der Waals surface area contributed by atoms with Gasteiger partial charge in [-0.05, 0) is 24.6 Å². The number of halogens is 3. The monoisotopic (exact) mass is 423 g/mol. The van der Waals surface area contributed by atoms with Gasteiger partial charge in [0.15, 0.2) is 0 Å². The van der Waals surface area contributed by atoms with Crippen LogP contribution in [0, 0.1) is 6.92 Å². The fourth-order valence-corrected chi connectivity index (χ4v) is 3.05. The van der Waals surface area contributed by atoms with Gasteiger partial charge in [0.1, 0.15) is 17.5 Å². The molecule has 0 atom stereocenters. The summed E-state index contributed by atoms with van der Waals surface area (Å²) in [5, 5.41) is 5.90. The van der Waals surface area contributed by atoms with Crippen LogP contribution in [0.4, 0.5) is 24.8 Å². The fourth-order valence-electron chi connectivity index (χ4n) is 3.05. The Morgan fingerprint density at radius 3 is 2.50 bits per heavy atom. The molecule has 1 aliphatic heterocycles. The Balaban J connectivity index is 1.44. The summed E-state index contributed by atoms with van der Waals surface area (Å²) in [6.45, 7) is 5.51. The van der Waals surface area contributed by atoms with Crippen LogP contribution in [-0.2, 0) is 22.1 Å². The molecular weight excluding hydrogens is 399 g/mol. The Morgan fingerprint density at radius 1 is 1.13 bits per heavy atom. The second-order valence-electron chi connectivity index (χ2n) is 6.91. The first-order valence-electron chi connectivity index (χ1n) is 9.66. The van der Waals surface area contributed by atoms with Gasteiger partial charge in [0.25, 0.3) is 0 Å². The number of hydrogen-bond acceptors (Lipinski definition) is 6. The number of benzene rings is 1. The Kier molecular flexibility index (Phi) is 7.09. The lowest BCUT2D eigenvalue weighted by molar-refractivity contribution is -0.137. The van der Waals surface area contributed by atoms with E-state index in [4.69, 9.17) is 4.74 Å². The SMILES string of the molecule is Cc1nc(NCCNC(=O)Cc2ccc(C(F)(F)F)cc2)cc(N2CCOCC2)n1. The number of amides is 1. The van der Waals surface area contributed by atoms with Gasteiger partial charge >= 0.3 is 6.18 Å². The van der Waals surface area contributed by atoms with E-state index >= 15 is 0 Å². The zero-order valence-corrected chi connectivity index (χ0v) is 16.6. The topological polar surface area (TPSA) is 79.4 Å². The molecule has 0 aliphatic carbocycles. The maximum absolute atomic E-state index is 12.6. The lowest BCUT2D eigenvalue weighted by Gasteiger charge is -2.28. The van der Waals surface area contributed by atoms with Gasteiger partial charge in [-0.3, -0.25) is 4.79 Å². The molecule has 1 fully saturated rings. The molecule has 1 aliphatic rings. The predicted molar refractivity (Wildman–Crippen MR) is 106 cm³/mol. The number of carbonyl (C=O) groups is 1. The molecule has 2 N–H and O–H groups in total. The van der Waals surface area contributed by atoms with E-state index in [0.717, 1.165) is 31.0 Å². The first kappa shape index (κ1) is 21.8. The zero-order chi connectivity index (χ0) is 21.6. The molecule has 2 aromatic rings. The molecule has 30 heavy (non-hydrogen) atoms. The highest BCUT2D eigenvalue weighted by Crippen LogP contribution is 2.29. The molecule has 10 heteroatoms. The van der Waals surface area contributed by atoms with Gasteiger partial charge in [0, 0.05) is 32.2 Å². The summed E-state index contributed by atoms with van der Waals surface area (Å²) in [4.78, 5) is 23.0. The fraction of sp³-hybridized carbons (Fsp3) is 0.450. The number of aromatic nitrogens is 2. The van der Waals surface area contributed by atoms with Crippen molar-refractivity contribution in [2.24, 2.45) is 0 Å². The summed E-state index contributed by atoms with van der Waals surface area (Å²) in [5.74, 6) is 1.89. The predicted octanol–water partition coefficient (Wildman–Crippen LogP) is 2.41. The van der Waals surface area contributed by atoms with Gasteiger partial charge in [-0.1, -0.05) is 12.1 Å². The lowest BCUT2D eigenvalue weighted by atomic mass is 10.1. The molecule has 1 aromatic heterocycles. The summed E-state index contributed by atoms with van der Waals surface area (Å²) < 4.78 is 43.1. The average Bonchev–Trinajstić information content (AvgIpc) is 2.71. The summed E-state index contributed by atoms with van der Waals surface area (Å²) in [6.07, 6.45) is -4.36. The second kappa shape index (κ2) is 9.75. The largest absolute Gasteiger partial charge is 0.416 e. The van der Waals surface area contributed by atoms with E-state index in [1.165, 1.54) is 12.1 Å². The van der Waals surface area contributed by atoms with Crippen molar-refractivity contribution in [3.05, 3.63) is 47.3 Å². The number of nitrogens with zero attached hydrogens (tertiary/aromatic N) is 3. The van der Waals surface area contributed by atoms with Crippen molar-refractivity contribution >= 4 is 17.5 Å². The molecule has 0 spiro atoms. The van der Waals surface area contributed by atoms with Crippen molar-refractivity contribution < 1.29 is 22.7 Å². The van der Waals surface area contributed by atoms with E-state index in [1.54, 1.807) is 0 Å². The van der Waals surface area contributed by atoms with Crippen molar-refractivity contribution in [3.8, 4) is 0 Å². The van der Waals surface area contributed by atoms with Gasteiger partial charge in [-0.25, -0.2) is 9.97 Å². The van der Waals surface area contributed by atoms with E-state index in [9.17, 15) is 18.0 Å². The molecule has 7 nitrogen and oxygen atoms in total. The third-order valence-electron chi connectivity index (χ3n) is 4.56. The third-order valence-corrected chi connectivity index (χ3v) is 4.56. The number of nitrogens with one attached hydrogen (secondary N) is 2. The van der Waals surface area contributed by atoms with Crippen molar-refractivity contribution in [2.45, 2.75) is 19.5 Å². The minimum atomic E-state index is -4.38. The van der Waals surface area contributed by atoms with Crippen LogP contribution >= 0.6 is 0 Å². The van der Waals surface area contributed by atoms with Gasteiger partial charge in [0.2, 0.25) is 5.91 Å². The van der Waals surface area contributed by atoms with E-state index in [2.05, 4.69) is 25.5 Å². The minimum Gasteiger partial charge on any atom is -0.378 e. The van der Waals surface area contributed by atoms with Crippen LogP contribution in [-0.4, -0.2) is 55.3 Å². The highest BCUT2D eigenvalue weighted by atomic mass is 19.4. The highest BCUT2D eigenvalue weighted by Gasteiger charge is 2.29. The van der Waals surface area contributed by atoms with E-state index in [-0.39, 0.29) is 12.3 Å². The van der Waals surface area contributed by atoms with Gasteiger partial charge in [0.05, 0.1) is 25.2 Å². The number of carbonyl (C=O) groups excluding carboxylic acids is 1. The van der Waals surface area contributed by atoms with Crippen LogP contribution in [0.5, 0.6) is 0 Å². The third kappa shape index (κ3) is 6.31. The summed E-state index contributed by atoms with van der Waals surface area (Å²) >= 11 is 0. The normalized spacial score (nSPS) is 14.5. The standard InChI is InChI=1S/C20H24F3N5O2/c1-14-26-17(13-18(27-14)28-8-10-30-11-9-28)24-6-7-25-19(29)12-15-2-4-16(5-3-15)20(21,22)23/h2-5,13H,6-12H2,1H3,(H,25,29)(H,24,26,27). The smallest absolute Gasteiger partial charge is 0.378 e. The van der Waals surface area contributed by atoms with Gasteiger partial charge < -0.3 is 20.3 Å². The van der Waals surface area contributed by atoms with Crippen molar-refractivity contribution in [1.82, 2.24) is 15.3 Å². The first-order valence-corrected chi connectivity index (χ1v) is 9.66. The molecule has 1 amide bonds. The van der Waals surface area contributed by atoms with E-state index < -0.39 is 11.7 Å². The van der Waals surface area contributed by atoms with Gasteiger partial charge in [-0.2, -0.15) is 13.2 Å². The molecule has 0 saturated carbocycles. The summed E-state index contributed by atoms with van der Waals surface area (Å²) in [5.41, 5.74) is -0.206. The molecule has 1 saturated heterocycles. The number of hydrogen-bond donors (Lipinski definition) is 2.